The van der Waals surface area contributed by atoms with Gasteiger partial charge in [-0.3, -0.25) is 0 Å². The molecule has 2 N–H and O–H groups in total. The molecule has 2 aromatic rings. The van der Waals surface area contributed by atoms with Gasteiger partial charge in [0.25, 0.3) is 0 Å². The lowest BCUT2D eigenvalue weighted by molar-refractivity contribution is 0.0815. The minimum absolute atomic E-state index is 0.0134. The molecule has 0 aliphatic carbocycles. The monoisotopic (exact) mass is 341 g/mol. The van der Waals surface area contributed by atoms with Crippen LogP contribution >= 0.6 is 0 Å². The molecule has 2 amide bonds. The number of aromatic nitrogens is 2. The van der Waals surface area contributed by atoms with Crippen molar-refractivity contribution in [1.82, 2.24) is 15.3 Å². The Hall–Kier alpha value is -2.67. The van der Waals surface area contributed by atoms with Crippen LogP contribution in [-0.4, -0.2) is 42.8 Å². The molecule has 1 aliphatic rings. The van der Waals surface area contributed by atoms with Gasteiger partial charge in [0.1, 0.15) is 0 Å². The molecular formula is C18H23N5O2. The highest BCUT2D eigenvalue weighted by atomic mass is 16.5. The molecule has 25 heavy (non-hydrogen) atoms. The highest BCUT2D eigenvalue weighted by Gasteiger charge is 2.28. The van der Waals surface area contributed by atoms with Crippen LogP contribution in [0, 0.1) is 0 Å². The number of ether oxygens (including phenoxy) is 1. The lowest BCUT2D eigenvalue weighted by atomic mass is 9.99. The van der Waals surface area contributed by atoms with Crippen LogP contribution in [0.5, 0.6) is 0 Å². The van der Waals surface area contributed by atoms with Crippen LogP contribution in [-0.2, 0) is 4.74 Å². The molecule has 0 bridgehead atoms. The van der Waals surface area contributed by atoms with Gasteiger partial charge in [-0.1, -0.05) is 30.3 Å². The minimum atomic E-state index is -0.300. The Bertz CT molecular complexity index is 684. The van der Waals surface area contributed by atoms with E-state index in [9.17, 15) is 4.79 Å². The minimum Gasteiger partial charge on any atom is -0.376 e. The molecule has 7 heteroatoms. The smallest absolute Gasteiger partial charge is 0.319 e. The van der Waals surface area contributed by atoms with E-state index in [-0.39, 0.29) is 18.2 Å². The first-order valence-electron chi connectivity index (χ1n) is 8.37. The lowest BCUT2D eigenvalue weighted by Crippen LogP contribution is -2.38. The predicted molar refractivity (Wildman–Crippen MR) is 96.7 cm³/mol. The first-order chi connectivity index (χ1) is 12.1. The molecule has 0 unspecified atom stereocenters. The number of hydrogen-bond donors (Lipinski definition) is 2. The maximum atomic E-state index is 12.4. The number of urea groups is 1. The van der Waals surface area contributed by atoms with Crippen molar-refractivity contribution in [2.75, 3.05) is 30.9 Å². The molecule has 2 atom stereocenters. The standard InChI is InChI=1S/C18H23N5O2/c1-23(2)17-19-11-14(12-20-17)21-18(24)22-16(15-9-6-10-25-15)13-7-4-3-5-8-13/h3-5,7-8,11-12,15-16H,6,9-10H2,1-2H3,(H2,21,22,24)/t15-,16+/m1/s1. The molecule has 1 aliphatic heterocycles. The van der Waals surface area contributed by atoms with Crippen LogP contribution in [0.2, 0.25) is 0 Å². The van der Waals surface area contributed by atoms with Crippen molar-refractivity contribution in [2.45, 2.75) is 25.0 Å². The second-order valence-corrected chi connectivity index (χ2v) is 6.20. The maximum absolute atomic E-state index is 12.4. The zero-order chi connectivity index (χ0) is 17.6. The van der Waals surface area contributed by atoms with Gasteiger partial charge in [0.15, 0.2) is 0 Å². The molecule has 7 nitrogen and oxygen atoms in total. The summed E-state index contributed by atoms with van der Waals surface area (Å²) in [5.74, 6) is 0.590. The quantitative estimate of drug-likeness (QED) is 0.874. The summed E-state index contributed by atoms with van der Waals surface area (Å²) in [6.07, 6.45) is 5.11. The molecule has 132 valence electrons. The van der Waals surface area contributed by atoms with Crippen LogP contribution in [0.25, 0.3) is 0 Å². The summed E-state index contributed by atoms with van der Waals surface area (Å²) in [7, 11) is 3.72. The number of carbonyl (C=O) groups excluding carboxylic acids is 1. The molecule has 1 saturated heterocycles. The van der Waals surface area contributed by atoms with Crippen molar-refractivity contribution < 1.29 is 9.53 Å². The van der Waals surface area contributed by atoms with Crippen molar-refractivity contribution >= 4 is 17.7 Å². The number of nitrogens with one attached hydrogen (secondary N) is 2. The van der Waals surface area contributed by atoms with Gasteiger partial charge in [-0.2, -0.15) is 0 Å². The summed E-state index contributed by atoms with van der Waals surface area (Å²) in [6, 6.07) is 9.40. The fourth-order valence-electron chi connectivity index (χ4n) is 2.84. The third-order valence-corrected chi connectivity index (χ3v) is 4.08. The van der Waals surface area contributed by atoms with Crippen LogP contribution in [0.15, 0.2) is 42.7 Å². The molecule has 1 aromatic heterocycles. The van der Waals surface area contributed by atoms with Gasteiger partial charge in [-0.15, -0.1) is 0 Å². The van der Waals surface area contributed by atoms with E-state index in [1.165, 1.54) is 0 Å². The summed E-state index contributed by atoms with van der Waals surface area (Å²) in [5.41, 5.74) is 1.58. The third-order valence-electron chi connectivity index (χ3n) is 4.08. The second kappa shape index (κ2) is 7.94. The fraction of sp³-hybridized carbons (Fsp3) is 0.389. The van der Waals surface area contributed by atoms with Gasteiger partial charge >= 0.3 is 6.03 Å². The van der Waals surface area contributed by atoms with Crippen LogP contribution < -0.4 is 15.5 Å². The Morgan fingerprint density at radius 1 is 1.24 bits per heavy atom. The van der Waals surface area contributed by atoms with E-state index in [1.807, 2.05) is 44.4 Å². The predicted octanol–water partition coefficient (Wildman–Crippen LogP) is 2.58. The summed E-state index contributed by atoms with van der Waals surface area (Å²) < 4.78 is 5.79. The highest BCUT2D eigenvalue weighted by Crippen LogP contribution is 2.27. The lowest BCUT2D eigenvalue weighted by Gasteiger charge is -2.24. The number of carbonyl (C=O) groups is 1. The normalized spacial score (nSPS) is 17.8. The van der Waals surface area contributed by atoms with E-state index < -0.39 is 0 Å². The Kier molecular flexibility index (Phi) is 5.45. The Balaban J connectivity index is 1.67. The zero-order valence-electron chi connectivity index (χ0n) is 14.5. The van der Waals surface area contributed by atoms with E-state index in [2.05, 4.69) is 20.6 Å². The van der Waals surface area contributed by atoms with Crippen LogP contribution in [0.4, 0.5) is 16.4 Å². The summed E-state index contributed by atoms with van der Waals surface area (Å²) in [5, 5.41) is 5.80. The van der Waals surface area contributed by atoms with Gasteiger partial charge in [-0.25, -0.2) is 14.8 Å². The van der Waals surface area contributed by atoms with Crippen molar-refractivity contribution in [3.05, 3.63) is 48.3 Å². The number of benzene rings is 1. The molecule has 1 aromatic carbocycles. The topological polar surface area (TPSA) is 79.4 Å². The molecule has 0 saturated carbocycles. The summed E-state index contributed by atoms with van der Waals surface area (Å²) >= 11 is 0. The van der Waals surface area contributed by atoms with Crippen LogP contribution in [0.1, 0.15) is 24.4 Å². The van der Waals surface area contributed by atoms with Crippen molar-refractivity contribution in [1.29, 1.82) is 0 Å². The van der Waals surface area contributed by atoms with E-state index in [4.69, 9.17) is 4.74 Å². The second-order valence-electron chi connectivity index (χ2n) is 6.20. The molecule has 2 heterocycles. The van der Waals surface area contributed by atoms with Gasteiger partial charge in [-0.05, 0) is 18.4 Å². The van der Waals surface area contributed by atoms with Crippen molar-refractivity contribution in [3.63, 3.8) is 0 Å². The Labute approximate surface area is 147 Å². The zero-order valence-corrected chi connectivity index (χ0v) is 14.5. The SMILES string of the molecule is CN(C)c1ncc(NC(=O)N[C@@H](c2ccccc2)[C@H]2CCCO2)cn1. The molecular weight excluding hydrogens is 318 g/mol. The molecule has 3 rings (SSSR count). The number of nitrogens with zero attached hydrogens (tertiary/aromatic N) is 3. The molecule has 1 fully saturated rings. The van der Waals surface area contributed by atoms with E-state index >= 15 is 0 Å². The number of anilines is 2. The van der Waals surface area contributed by atoms with Crippen molar-refractivity contribution in [2.24, 2.45) is 0 Å². The van der Waals surface area contributed by atoms with E-state index in [0.29, 0.717) is 11.6 Å². The van der Waals surface area contributed by atoms with Crippen molar-refractivity contribution in [3.8, 4) is 0 Å². The Morgan fingerprint density at radius 2 is 1.96 bits per heavy atom. The largest absolute Gasteiger partial charge is 0.376 e. The van der Waals surface area contributed by atoms with Crippen LogP contribution in [0.3, 0.4) is 0 Å². The van der Waals surface area contributed by atoms with Gasteiger partial charge in [0, 0.05) is 20.7 Å². The molecule has 0 spiro atoms. The first kappa shape index (κ1) is 17.2. The molecule has 0 radical (unpaired) electrons. The first-order valence-corrected chi connectivity index (χ1v) is 8.37. The number of hydrogen-bond acceptors (Lipinski definition) is 5. The summed E-state index contributed by atoms with van der Waals surface area (Å²) in [6.45, 7) is 0.733. The van der Waals surface area contributed by atoms with Gasteiger partial charge < -0.3 is 20.3 Å². The third kappa shape index (κ3) is 4.45. The van der Waals surface area contributed by atoms with E-state index in [0.717, 1.165) is 25.0 Å². The number of amides is 2. The van der Waals surface area contributed by atoms with E-state index in [1.54, 1.807) is 17.3 Å². The highest BCUT2D eigenvalue weighted by molar-refractivity contribution is 5.89. The Morgan fingerprint density at radius 3 is 2.56 bits per heavy atom. The average molecular weight is 341 g/mol. The summed E-state index contributed by atoms with van der Waals surface area (Å²) in [4.78, 5) is 22.6. The maximum Gasteiger partial charge on any atom is 0.319 e. The number of rotatable bonds is 5. The van der Waals surface area contributed by atoms with Gasteiger partial charge in [0.2, 0.25) is 5.95 Å². The average Bonchev–Trinajstić information content (AvgIpc) is 3.15. The van der Waals surface area contributed by atoms with Gasteiger partial charge in [0.05, 0.1) is 30.2 Å². The fourth-order valence-corrected chi connectivity index (χ4v) is 2.84.